The van der Waals surface area contributed by atoms with Gasteiger partial charge in [0.05, 0.1) is 0 Å². The molecule has 0 rings (SSSR count). The molecule has 0 spiro atoms. The molecule has 0 aromatic carbocycles. The van der Waals surface area contributed by atoms with Crippen molar-refractivity contribution in [3.8, 4) is 0 Å². The van der Waals surface area contributed by atoms with Crippen LogP contribution in [-0.2, 0) is 28.6 Å². The van der Waals surface area contributed by atoms with Crippen LogP contribution in [0.3, 0.4) is 0 Å². The van der Waals surface area contributed by atoms with Crippen molar-refractivity contribution < 1.29 is 28.6 Å². The van der Waals surface area contributed by atoms with Crippen LogP contribution in [0.15, 0.2) is 85.1 Å². The molecule has 6 heteroatoms. The highest BCUT2D eigenvalue weighted by Gasteiger charge is 2.19. The molecule has 6 nitrogen and oxygen atoms in total. The fourth-order valence-electron chi connectivity index (χ4n) is 6.25. The first-order valence-electron chi connectivity index (χ1n) is 24.1. The Morgan fingerprint density at radius 1 is 0.356 bits per heavy atom. The third kappa shape index (κ3) is 45.5. The number of carbonyl (C=O) groups excluding carboxylic acids is 3. The number of allylic oxidation sites excluding steroid dienone is 14. The second-order valence-electron chi connectivity index (χ2n) is 15.6. The van der Waals surface area contributed by atoms with E-state index < -0.39 is 12.1 Å². The minimum Gasteiger partial charge on any atom is -0.462 e. The molecule has 0 saturated heterocycles. The highest BCUT2D eigenvalue weighted by atomic mass is 16.6. The van der Waals surface area contributed by atoms with Gasteiger partial charge in [0.25, 0.3) is 0 Å². The van der Waals surface area contributed by atoms with E-state index >= 15 is 0 Å². The minimum atomic E-state index is -0.819. The molecule has 0 aliphatic carbocycles. The van der Waals surface area contributed by atoms with Gasteiger partial charge in [-0.25, -0.2) is 0 Å². The molecule has 0 bridgehead atoms. The smallest absolute Gasteiger partial charge is 0.306 e. The summed E-state index contributed by atoms with van der Waals surface area (Å²) in [6, 6.07) is 0. The Hall–Kier alpha value is -3.41. The first-order chi connectivity index (χ1) is 29.0. The third-order valence-electron chi connectivity index (χ3n) is 9.85. The second-order valence-corrected chi connectivity index (χ2v) is 15.6. The fourth-order valence-corrected chi connectivity index (χ4v) is 6.25. The summed E-state index contributed by atoms with van der Waals surface area (Å²) in [6.07, 6.45) is 60.1. The molecular weight excluding hydrogens is 733 g/mol. The Bertz CT molecular complexity index is 1170. The van der Waals surface area contributed by atoms with Gasteiger partial charge in [-0.3, -0.25) is 14.4 Å². The molecule has 0 fully saturated rings. The van der Waals surface area contributed by atoms with Gasteiger partial charge in [0.2, 0.25) is 0 Å². The zero-order chi connectivity index (χ0) is 43.0. The molecule has 0 heterocycles. The maximum atomic E-state index is 12.7. The van der Waals surface area contributed by atoms with Crippen molar-refractivity contribution in [2.24, 2.45) is 0 Å². The van der Waals surface area contributed by atoms with Crippen LogP contribution < -0.4 is 0 Å². The monoisotopic (exact) mass is 821 g/mol. The summed E-state index contributed by atoms with van der Waals surface area (Å²) < 4.78 is 16.6. The fraction of sp³-hybridized carbons (Fsp3) is 0.679. The molecule has 0 aliphatic heterocycles. The van der Waals surface area contributed by atoms with Crippen molar-refractivity contribution in [3.63, 3.8) is 0 Å². The Labute approximate surface area is 363 Å². The third-order valence-corrected chi connectivity index (χ3v) is 9.85. The van der Waals surface area contributed by atoms with Crippen LogP contribution in [0.5, 0.6) is 0 Å². The number of hydrogen-bond acceptors (Lipinski definition) is 6. The molecule has 0 radical (unpaired) electrons. The van der Waals surface area contributed by atoms with E-state index in [0.717, 1.165) is 96.3 Å². The Balaban J connectivity index is 4.45. The normalized spacial score (nSPS) is 12.8. The molecule has 0 aromatic heterocycles. The lowest BCUT2D eigenvalue weighted by atomic mass is 10.1. The lowest BCUT2D eigenvalue weighted by Gasteiger charge is -2.18. The summed E-state index contributed by atoms with van der Waals surface area (Å²) in [5.74, 6) is -1.02. The summed E-state index contributed by atoms with van der Waals surface area (Å²) in [5.41, 5.74) is 0. The zero-order valence-corrected chi connectivity index (χ0v) is 38.2. The van der Waals surface area contributed by atoms with Gasteiger partial charge in [0.1, 0.15) is 13.2 Å². The predicted octanol–water partition coefficient (Wildman–Crippen LogP) is 15.6. The van der Waals surface area contributed by atoms with E-state index in [4.69, 9.17) is 14.2 Å². The highest BCUT2D eigenvalue weighted by Crippen LogP contribution is 2.13. The predicted molar refractivity (Wildman–Crippen MR) is 251 cm³/mol. The van der Waals surface area contributed by atoms with E-state index in [0.29, 0.717) is 19.3 Å². The van der Waals surface area contributed by atoms with E-state index in [1.54, 1.807) is 0 Å². The molecule has 0 N–H and O–H groups in total. The summed E-state index contributed by atoms with van der Waals surface area (Å²) in [6.45, 7) is 6.35. The number of rotatable bonds is 42. The van der Waals surface area contributed by atoms with Crippen molar-refractivity contribution >= 4 is 17.9 Å². The Kier molecular flexibility index (Phi) is 44.5. The van der Waals surface area contributed by atoms with Gasteiger partial charge >= 0.3 is 17.9 Å². The van der Waals surface area contributed by atoms with Gasteiger partial charge in [0, 0.05) is 19.3 Å². The molecule has 0 aliphatic rings. The topological polar surface area (TPSA) is 78.9 Å². The van der Waals surface area contributed by atoms with Crippen LogP contribution in [0, 0.1) is 0 Å². The highest BCUT2D eigenvalue weighted by molar-refractivity contribution is 5.71. The van der Waals surface area contributed by atoms with E-state index in [1.807, 2.05) is 12.2 Å². The first kappa shape index (κ1) is 55.6. The van der Waals surface area contributed by atoms with Crippen LogP contribution >= 0.6 is 0 Å². The lowest BCUT2D eigenvalue weighted by molar-refractivity contribution is -0.166. The van der Waals surface area contributed by atoms with Gasteiger partial charge in [-0.05, 0) is 96.3 Å². The van der Waals surface area contributed by atoms with Crippen molar-refractivity contribution in [1.82, 2.24) is 0 Å². The van der Waals surface area contributed by atoms with E-state index in [-0.39, 0.29) is 31.6 Å². The number of ether oxygens (including phenoxy) is 3. The van der Waals surface area contributed by atoms with Crippen molar-refractivity contribution in [2.75, 3.05) is 13.2 Å². The van der Waals surface area contributed by atoms with E-state index in [9.17, 15) is 14.4 Å². The summed E-state index contributed by atoms with van der Waals surface area (Å²) in [7, 11) is 0. The number of unbranched alkanes of at least 4 members (excludes halogenated alkanes) is 17. The summed E-state index contributed by atoms with van der Waals surface area (Å²) >= 11 is 0. The molecule has 336 valence electrons. The maximum absolute atomic E-state index is 12.7. The number of esters is 3. The largest absolute Gasteiger partial charge is 0.462 e. The molecule has 1 atom stereocenters. The molecule has 0 aromatic rings. The molecule has 1 unspecified atom stereocenters. The molecule has 0 amide bonds. The van der Waals surface area contributed by atoms with Crippen LogP contribution in [0.4, 0.5) is 0 Å². The standard InChI is InChI=1S/C53H88O6/c1-4-7-10-13-16-19-22-24-25-26-27-28-30-31-34-37-40-43-46-52(55)58-49-50(48-57-51(54)45-42-39-36-33-21-18-15-12-9-6-3)59-53(56)47-44-41-38-35-32-29-23-20-17-14-11-8-5-2/h8,11-12,15,17,19-20,22,25-26,29,32,38,41,50H,4-7,9-10,13-14,16,18,21,23-24,27-28,30-31,33-37,39-40,42-49H2,1-3H3/b11-8-,15-12-,20-17-,22-19-,26-25-,32-29-,41-38-. The quantitative estimate of drug-likeness (QED) is 0.0264. The summed E-state index contributed by atoms with van der Waals surface area (Å²) in [5, 5.41) is 0. The molecule has 0 saturated carbocycles. The van der Waals surface area contributed by atoms with Gasteiger partial charge in [0.15, 0.2) is 6.10 Å². The van der Waals surface area contributed by atoms with Crippen LogP contribution in [0.2, 0.25) is 0 Å². The Morgan fingerprint density at radius 3 is 1.19 bits per heavy atom. The minimum absolute atomic E-state index is 0.113. The number of hydrogen-bond donors (Lipinski definition) is 0. The van der Waals surface area contributed by atoms with E-state index in [2.05, 4.69) is 93.7 Å². The van der Waals surface area contributed by atoms with Crippen LogP contribution in [0.1, 0.15) is 213 Å². The van der Waals surface area contributed by atoms with Crippen LogP contribution in [0.25, 0.3) is 0 Å². The van der Waals surface area contributed by atoms with E-state index in [1.165, 1.54) is 70.6 Å². The van der Waals surface area contributed by atoms with Crippen LogP contribution in [-0.4, -0.2) is 37.2 Å². The number of carbonyl (C=O) groups is 3. The first-order valence-corrected chi connectivity index (χ1v) is 24.1. The second kappa shape index (κ2) is 47.3. The van der Waals surface area contributed by atoms with Crippen molar-refractivity contribution in [2.45, 2.75) is 219 Å². The maximum Gasteiger partial charge on any atom is 0.306 e. The van der Waals surface area contributed by atoms with Gasteiger partial charge in [-0.2, -0.15) is 0 Å². The van der Waals surface area contributed by atoms with Gasteiger partial charge < -0.3 is 14.2 Å². The zero-order valence-electron chi connectivity index (χ0n) is 38.2. The average molecular weight is 821 g/mol. The van der Waals surface area contributed by atoms with Gasteiger partial charge in [-0.15, -0.1) is 0 Å². The Morgan fingerprint density at radius 2 is 0.729 bits per heavy atom. The lowest BCUT2D eigenvalue weighted by Crippen LogP contribution is -2.30. The van der Waals surface area contributed by atoms with Crippen molar-refractivity contribution in [3.05, 3.63) is 85.1 Å². The summed E-state index contributed by atoms with van der Waals surface area (Å²) in [4.78, 5) is 37.8. The van der Waals surface area contributed by atoms with Crippen molar-refractivity contribution in [1.29, 1.82) is 0 Å². The molecular formula is C53H88O6. The molecule has 59 heavy (non-hydrogen) atoms. The average Bonchev–Trinajstić information content (AvgIpc) is 3.23. The van der Waals surface area contributed by atoms with Gasteiger partial charge in [-0.1, -0.05) is 183 Å². The SMILES string of the molecule is CC/C=C\C/C=C\C/C=C\C/C=C\CCC(=O)OC(COC(=O)CCCCCCC/C=C\CCC)COC(=O)CCCCCCCCC/C=C\C/C=C\CCCCCC.